The Morgan fingerprint density at radius 2 is 1.92 bits per heavy atom. The number of nitrogens with zero attached hydrogens (tertiary/aromatic N) is 1. The van der Waals surface area contributed by atoms with Crippen LogP contribution in [-0.4, -0.2) is 51.8 Å². The van der Waals surface area contributed by atoms with Crippen molar-refractivity contribution in [3.05, 3.63) is 23.8 Å². The summed E-state index contributed by atoms with van der Waals surface area (Å²) in [6.07, 6.45) is 3.48. The molecule has 25 heavy (non-hydrogen) atoms. The van der Waals surface area contributed by atoms with E-state index in [9.17, 15) is 9.59 Å². The lowest BCUT2D eigenvalue weighted by Crippen LogP contribution is -2.34. The molecule has 3 N–H and O–H groups in total. The van der Waals surface area contributed by atoms with Gasteiger partial charge >= 0.3 is 6.03 Å². The Morgan fingerprint density at radius 1 is 1.16 bits per heavy atom. The van der Waals surface area contributed by atoms with Crippen LogP contribution in [-0.2, 0) is 4.74 Å². The topological polar surface area (TPSA) is 82.7 Å². The lowest BCUT2D eigenvalue weighted by molar-refractivity contribution is 0.0937. The maximum atomic E-state index is 12.6. The van der Waals surface area contributed by atoms with Gasteiger partial charge in [-0.3, -0.25) is 4.79 Å². The van der Waals surface area contributed by atoms with Gasteiger partial charge < -0.3 is 25.6 Å². The van der Waals surface area contributed by atoms with Crippen LogP contribution in [0.15, 0.2) is 18.2 Å². The minimum atomic E-state index is -0.279. The zero-order chi connectivity index (χ0) is 18.1. The highest BCUT2D eigenvalue weighted by molar-refractivity contribution is 6.02. The quantitative estimate of drug-likeness (QED) is 0.660. The summed E-state index contributed by atoms with van der Waals surface area (Å²) >= 11 is 0. The van der Waals surface area contributed by atoms with Crippen LogP contribution in [0.2, 0.25) is 0 Å². The van der Waals surface area contributed by atoms with Crippen molar-refractivity contribution >= 4 is 23.3 Å². The Balaban J connectivity index is 2.21. The molecular formula is C18H28N4O3. The Bertz CT molecular complexity index is 586. The first-order valence-electron chi connectivity index (χ1n) is 8.86. The van der Waals surface area contributed by atoms with Crippen molar-refractivity contribution in [3.8, 4) is 0 Å². The highest BCUT2D eigenvalue weighted by atomic mass is 16.5. The van der Waals surface area contributed by atoms with E-state index in [2.05, 4.69) is 20.9 Å². The second kappa shape index (κ2) is 9.88. The van der Waals surface area contributed by atoms with Crippen LogP contribution in [0.1, 0.15) is 36.5 Å². The second-order valence-electron chi connectivity index (χ2n) is 6.01. The SMILES string of the molecule is CCNC(=O)Nc1ccc(N2CCCCC2)c(C(=O)NCCOC)c1. The lowest BCUT2D eigenvalue weighted by Gasteiger charge is -2.30. The van der Waals surface area contributed by atoms with Gasteiger partial charge in [-0.1, -0.05) is 0 Å². The Labute approximate surface area is 149 Å². The van der Waals surface area contributed by atoms with Crippen LogP contribution in [0.5, 0.6) is 0 Å². The molecule has 1 saturated heterocycles. The van der Waals surface area contributed by atoms with E-state index in [0.717, 1.165) is 31.6 Å². The molecule has 1 aliphatic rings. The zero-order valence-electron chi connectivity index (χ0n) is 15.1. The van der Waals surface area contributed by atoms with Gasteiger partial charge in [-0.25, -0.2) is 4.79 Å². The number of hydrogen-bond donors (Lipinski definition) is 3. The average molecular weight is 348 g/mol. The van der Waals surface area contributed by atoms with Gasteiger partial charge in [0.1, 0.15) is 0 Å². The summed E-state index contributed by atoms with van der Waals surface area (Å²) in [5, 5.41) is 8.31. The monoisotopic (exact) mass is 348 g/mol. The van der Waals surface area contributed by atoms with Gasteiger partial charge in [0.15, 0.2) is 0 Å². The van der Waals surface area contributed by atoms with Crippen LogP contribution in [0.25, 0.3) is 0 Å². The number of ether oxygens (including phenoxy) is 1. The summed E-state index contributed by atoms with van der Waals surface area (Å²) in [4.78, 5) is 26.6. The van der Waals surface area contributed by atoms with Crippen molar-refractivity contribution in [3.63, 3.8) is 0 Å². The standard InChI is InChI=1S/C18H28N4O3/c1-3-19-18(24)21-14-7-8-16(22-10-5-4-6-11-22)15(13-14)17(23)20-9-12-25-2/h7-8,13H,3-6,9-12H2,1-2H3,(H,20,23)(H2,19,21,24). The van der Waals surface area contributed by atoms with Gasteiger partial charge in [-0.2, -0.15) is 0 Å². The van der Waals surface area contributed by atoms with Crippen LogP contribution >= 0.6 is 0 Å². The van der Waals surface area contributed by atoms with E-state index >= 15 is 0 Å². The van der Waals surface area contributed by atoms with Crippen LogP contribution in [0.3, 0.4) is 0 Å². The Morgan fingerprint density at radius 3 is 2.60 bits per heavy atom. The summed E-state index contributed by atoms with van der Waals surface area (Å²) in [6, 6.07) is 5.21. The molecule has 138 valence electrons. The molecule has 2 rings (SSSR count). The molecule has 3 amide bonds. The van der Waals surface area contributed by atoms with Gasteiger partial charge in [0.05, 0.1) is 12.2 Å². The molecule has 1 aromatic rings. The zero-order valence-corrected chi connectivity index (χ0v) is 15.1. The fourth-order valence-corrected chi connectivity index (χ4v) is 2.90. The highest BCUT2D eigenvalue weighted by Crippen LogP contribution is 2.27. The maximum absolute atomic E-state index is 12.6. The third-order valence-electron chi connectivity index (χ3n) is 4.12. The number of carbonyl (C=O) groups excluding carboxylic acids is 2. The molecule has 7 heteroatoms. The van der Waals surface area contributed by atoms with E-state index in [1.165, 1.54) is 6.42 Å². The molecule has 0 bridgehead atoms. The van der Waals surface area contributed by atoms with Crippen molar-refractivity contribution in [1.29, 1.82) is 0 Å². The van der Waals surface area contributed by atoms with Crippen LogP contribution < -0.4 is 20.9 Å². The van der Waals surface area contributed by atoms with Gasteiger partial charge in [0, 0.05) is 44.7 Å². The first-order chi connectivity index (χ1) is 12.2. The minimum Gasteiger partial charge on any atom is -0.383 e. The number of piperidine rings is 1. The molecule has 1 aliphatic heterocycles. The Hall–Kier alpha value is -2.28. The smallest absolute Gasteiger partial charge is 0.319 e. The van der Waals surface area contributed by atoms with Crippen LogP contribution in [0, 0.1) is 0 Å². The molecule has 1 fully saturated rings. The fraction of sp³-hybridized carbons (Fsp3) is 0.556. The van der Waals surface area contributed by atoms with Crippen molar-refractivity contribution in [1.82, 2.24) is 10.6 Å². The van der Waals surface area contributed by atoms with E-state index in [1.807, 2.05) is 19.1 Å². The number of benzene rings is 1. The predicted octanol–water partition coefficient (Wildman–Crippen LogP) is 2.19. The van der Waals surface area contributed by atoms with Crippen molar-refractivity contribution in [2.45, 2.75) is 26.2 Å². The number of rotatable bonds is 7. The van der Waals surface area contributed by atoms with Gasteiger partial charge in [0.2, 0.25) is 0 Å². The van der Waals surface area contributed by atoms with Gasteiger partial charge in [0.25, 0.3) is 5.91 Å². The molecule has 7 nitrogen and oxygen atoms in total. The van der Waals surface area contributed by atoms with Gasteiger partial charge in [-0.05, 0) is 44.4 Å². The second-order valence-corrected chi connectivity index (χ2v) is 6.01. The molecule has 0 spiro atoms. The molecule has 1 heterocycles. The first kappa shape index (κ1) is 19.1. The van der Waals surface area contributed by atoms with E-state index in [1.54, 1.807) is 13.2 Å². The summed E-state index contributed by atoms with van der Waals surface area (Å²) in [5.74, 6) is -0.155. The van der Waals surface area contributed by atoms with Gasteiger partial charge in [-0.15, -0.1) is 0 Å². The maximum Gasteiger partial charge on any atom is 0.319 e. The summed E-state index contributed by atoms with van der Waals surface area (Å²) in [7, 11) is 1.60. The Kier molecular flexibility index (Phi) is 7.53. The normalized spacial score (nSPS) is 14.1. The average Bonchev–Trinajstić information content (AvgIpc) is 2.62. The van der Waals surface area contributed by atoms with E-state index in [0.29, 0.717) is 30.9 Å². The number of nitrogens with one attached hydrogen (secondary N) is 3. The fourth-order valence-electron chi connectivity index (χ4n) is 2.90. The molecule has 1 aromatic carbocycles. The largest absolute Gasteiger partial charge is 0.383 e. The van der Waals surface area contributed by atoms with Crippen LogP contribution in [0.4, 0.5) is 16.2 Å². The molecule has 0 aliphatic carbocycles. The molecule has 0 unspecified atom stereocenters. The summed E-state index contributed by atoms with van der Waals surface area (Å²) < 4.78 is 4.99. The summed E-state index contributed by atoms with van der Waals surface area (Å²) in [5.41, 5.74) is 2.09. The van der Waals surface area contributed by atoms with E-state index in [4.69, 9.17) is 4.74 Å². The predicted molar refractivity (Wildman–Crippen MR) is 99.4 cm³/mol. The number of amides is 3. The third-order valence-corrected chi connectivity index (χ3v) is 4.12. The lowest BCUT2D eigenvalue weighted by atomic mass is 10.1. The number of carbonyl (C=O) groups is 2. The molecule has 0 atom stereocenters. The molecular weight excluding hydrogens is 320 g/mol. The molecule has 0 saturated carbocycles. The number of methoxy groups -OCH3 is 1. The number of hydrogen-bond acceptors (Lipinski definition) is 4. The molecule has 0 aromatic heterocycles. The van der Waals surface area contributed by atoms with Crippen molar-refractivity contribution < 1.29 is 14.3 Å². The van der Waals surface area contributed by atoms with Crippen molar-refractivity contribution in [2.75, 3.05) is 50.1 Å². The van der Waals surface area contributed by atoms with E-state index < -0.39 is 0 Å². The summed E-state index contributed by atoms with van der Waals surface area (Å²) in [6.45, 7) is 5.20. The highest BCUT2D eigenvalue weighted by Gasteiger charge is 2.19. The van der Waals surface area contributed by atoms with E-state index in [-0.39, 0.29) is 11.9 Å². The number of urea groups is 1. The minimum absolute atomic E-state index is 0.155. The number of anilines is 2. The van der Waals surface area contributed by atoms with Crippen molar-refractivity contribution in [2.24, 2.45) is 0 Å². The third kappa shape index (κ3) is 5.63. The first-order valence-corrected chi connectivity index (χ1v) is 8.86. The molecule has 0 radical (unpaired) electrons.